The molecule has 2 heteroatoms. The number of nitrogens with zero attached hydrogens (tertiary/aromatic N) is 1. The summed E-state index contributed by atoms with van der Waals surface area (Å²) in [5.41, 5.74) is 5.83. The van der Waals surface area contributed by atoms with Gasteiger partial charge in [-0.1, -0.05) is 34.6 Å². The van der Waals surface area contributed by atoms with Gasteiger partial charge in [0, 0.05) is 13.1 Å². The zero-order chi connectivity index (χ0) is 11.8. The van der Waals surface area contributed by atoms with Crippen LogP contribution < -0.4 is 5.73 Å². The van der Waals surface area contributed by atoms with Gasteiger partial charge in [0.05, 0.1) is 0 Å². The minimum Gasteiger partial charge on any atom is -0.330 e. The lowest BCUT2D eigenvalue weighted by Crippen LogP contribution is -2.35. The molecule has 0 aliphatic carbocycles. The maximum Gasteiger partial charge on any atom is 0.00218 e. The molecule has 0 bridgehead atoms. The fraction of sp³-hybridized carbons (Fsp3) is 1.00. The summed E-state index contributed by atoms with van der Waals surface area (Å²) < 4.78 is 0. The lowest BCUT2D eigenvalue weighted by molar-refractivity contribution is 0.206. The van der Waals surface area contributed by atoms with Crippen LogP contribution in [0.4, 0.5) is 0 Å². The predicted octanol–water partition coefficient (Wildman–Crippen LogP) is 2.59. The highest BCUT2D eigenvalue weighted by molar-refractivity contribution is 4.68. The Morgan fingerprint density at radius 3 is 1.93 bits per heavy atom. The SMILES string of the molecule is CCN(CC(C)C)CC(CN)CC(C)C. The third kappa shape index (κ3) is 7.80. The first kappa shape index (κ1) is 14.9. The Morgan fingerprint density at radius 2 is 1.60 bits per heavy atom. The zero-order valence-electron chi connectivity index (χ0n) is 11.3. The lowest BCUT2D eigenvalue weighted by atomic mass is 9.96. The largest absolute Gasteiger partial charge is 0.330 e. The van der Waals surface area contributed by atoms with Crippen LogP contribution in [0.3, 0.4) is 0 Å². The molecule has 0 aliphatic rings. The Labute approximate surface area is 96.2 Å². The molecule has 15 heavy (non-hydrogen) atoms. The monoisotopic (exact) mass is 214 g/mol. The van der Waals surface area contributed by atoms with E-state index in [1.807, 2.05) is 0 Å². The molecule has 1 unspecified atom stereocenters. The smallest absolute Gasteiger partial charge is 0.00218 e. The van der Waals surface area contributed by atoms with E-state index in [9.17, 15) is 0 Å². The fourth-order valence-electron chi connectivity index (χ4n) is 2.13. The van der Waals surface area contributed by atoms with Crippen molar-refractivity contribution in [2.75, 3.05) is 26.2 Å². The molecular weight excluding hydrogens is 184 g/mol. The van der Waals surface area contributed by atoms with Gasteiger partial charge in [0.25, 0.3) is 0 Å². The van der Waals surface area contributed by atoms with Crippen LogP contribution in [0.5, 0.6) is 0 Å². The van der Waals surface area contributed by atoms with Gasteiger partial charge in [-0.25, -0.2) is 0 Å². The molecule has 0 aromatic rings. The van der Waals surface area contributed by atoms with Crippen molar-refractivity contribution < 1.29 is 0 Å². The molecule has 0 rings (SSSR count). The summed E-state index contributed by atoms with van der Waals surface area (Å²) in [5.74, 6) is 2.18. The first-order chi connectivity index (χ1) is 6.99. The number of rotatable bonds is 8. The van der Waals surface area contributed by atoms with Gasteiger partial charge in [0.1, 0.15) is 0 Å². The highest BCUT2D eigenvalue weighted by Crippen LogP contribution is 2.13. The summed E-state index contributed by atoms with van der Waals surface area (Å²) in [6.07, 6.45) is 1.26. The highest BCUT2D eigenvalue weighted by atomic mass is 15.1. The van der Waals surface area contributed by atoms with Crippen LogP contribution in [0, 0.1) is 17.8 Å². The molecule has 0 amide bonds. The van der Waals surface area contributed by atoms with Crippen molar-refractivity contribution in [1.29, 1.82) is 0 Å². The van der Waals surface area contributed by atoms with Crippen LogP contribution >= 0.6 is 0 Å². The van der Waals surface area contributed by atoms with Crippen molar-refractivity contribution in [3.8, 4) is 0 Å². The Bertz CT molecular complexity index is 127. The summed E-state index contributed by atoms with van der Waals surface area (Å²) >= 11 is 0. The molecule has 92 valence electrons. The molecule has 1 atom stereocenters. The van der Waals surface area contributed by atoms with Crippen molar-refractivity contribution in [2.24, 2.45) is 23.5 Å². The number of hydrogen-bond donors (Lipinski definition) is 1. The molecule has 0 heterocycles. The van der Waals surface area contributed by atoms with Gasteiger partial charge < -0.3 is 10.6 Å². The molecule has 0 radical (unpaired) electrons. The number of hydrogen-bond acceptors (Lipinski definition) is 2. The second-order valence-corrected chi connectivity index (χ2v) is 5.48. The third-order valence-corrected chi connectivity index (χ3v) is 2.73. The first-order valence-corrected chi connectivity index (χ1v) is 6.41. The normalized spacial score (nSPS) is 14.2. The highest BCUT2D eigenvalue weighted by Gasteiger charge is 2.14. The topological polar surface area (TPSA) is 29.3 Å². The van der Waals surface area contributed by atoms with E-state index in [0.29, 0.717) is 5.92 Å². The first-order valence-electron chi connectivity index (χ1n) is 6.41. The van der Waals surface area contributed by atoms with E-state index < -0.39 is 0 Å². The van der Waals surface area contributed by atoms with E-state index in [0.717, 1.165) is 24.9 Å². The molecule has 0 saturated carbocycles. The summed E-state index contributed by atoms with van der Waals surface area (Å²) in [4.78, 5) is 2.53. The fourth-order valence-corrected chi connectivity index (χ4v) is 2.13. The van der Waals surface area contributed by atoms with Crippen LogP contribution in [-0.2, 0) is 0 Å². The quantitative estimate of drug-likeness (QED) is 0.673. The van der Waals surface area contributed by atoms with Crippen LogP contribution in [0.1, 0.15) is 41.0 Å². The van der Waals surface area contributed by atoms with E-state index in [2.05, 4.69) is 39.5 Å². The maximum atomic E-state index is 5.83. The zero-order valence-corrected chi connectivity index (χ0v) is 11.3. The van der Waals surface area contributed by atoms with Crippen LogP contribution in [0.25, 0.3) is 0 Å². The van der Waals surface area contributed by atoms with Crippen molar-refractivity contribution in [1.82, 2.24) is 4.90 Å². The third-order valence-electron chi connectivity index (χ3n) is 2.73. The average Bonchev–Trinajstić information content (AvgIpc) is 2.14. The van der Waals surface area contributed by atoms with Crippen LogP contribution in [-0.4, -0.2) is 31.1 Å². The average molecular weight is 214 g/mol. The molecule has 0 aromatic heterocycles. The van der Waals surface area contributed by atoms with Crippen molar-refractivity contribution in [3.63, 3.8) is 0 Å². The molecule has 0 aromatic carbocycles. The molecular formula is C13H30N2. The molecule has 2 N–H and O–H groups in total. The Morgan fingerprint density at radius 1 is 1.00 bits per heavy atom. The Kier molecular flexibility index (Phi) is 8.07. The minimum absolute atomic E-state index is 0.670. The van der Waals surface area contributed by atoms with Crippen molar-refractivity contribution >= 4 is 0 Å². The minimum atomic E-state index is 0.670. The Balaban J connectivity index is 3.99. The Hall–Kier alpha value is -0.0800. The van der Waals surface area contributed by atoms with E-state index in [1.165, 1.54) is 19.5 Å². The molecule has 0 spiro atoms. The summed E-state index contributed by atoms with van der Waals surface area (Å²) in [5, 5.41) is 0. The van der Waals surface area contributed by atoms with Crippen LogP contribution in [0.2, 0.25) is 0 Å². The van der Waals surface area contributed by atoms with Crippen molar-refractivity contribution in [2.45, 2.75) is 41.0 Å². The van der Waals surface area contributed by atoms with Gasteiger partial charge in [-0.15, -0.1) is 0 Å². The summed E-state index contributed by atoms with van der Waals surface area (Å²) in [6.45, 7) is 15.7. The standard InChI is InChI=1S/C13H30N2/c1-6-15(9-12(4)5)10-13(8-14)7-11(2)3/h11-13H,6-10,14H2,1-5H3. The summed E-state index contributed by atoms with van der Waals surface area (Å²) in [6, 6.07) is 0. The second kappa shape index (κ2) is 8.12. The van der Waals surface area contributed by atoms with Gasteiger partial charge in [-0.3, -0.25) is 0 Å². The lowest BCUT2D eigenvalue weighted by Gasteiger charge is -2.28. The van der Waals surface area contributed by atoms with E-state index in [4.69, 9.17) is 5.73 Å². The van der Waals surface area contributed by atoms with E-state index in [-0.39, 0.29) is 0 Å². The molecule has 0 aliphatic heterocycles. The van der Waals surface area contributed by atoms with Gasteiger partial charge in [-0.05, 0) is 37.3 Å². The predicted molar refractivity (Wildman–Crippen MR) is 69.0 cm³/mol. The van der Waals surface area contributed by atoms with Gasteiger partial charge in [0.15, 0.2) is 0 Å². The van der Waals surface area contributed by atoms with Gasteiger partial charge in [-0.2, -0.15) is 0 Å². The van der Waals surface area contributed by atoms with E-state index >= 15 is 0 Å². The van der Waals surface area contributed by atoms with Crippen molar-refractivity contribution in [3.05, 3.63) is 0 Å². The van der Waals surface area contributed by atoms with E-state index in [1.54, 1.807) is 0 Å². The van der Waals surface area contributed by atoms with Gasteiger partial charge >= 0.3 is 0 Å². The molecule has 2 nitrogen and oxygen atoms in total. The number of nitrogens with two attached hydrogens (primary N) is 1. The van der Waals surface area contributed by atoms with Gasteiger partial charge in [0.2, 0.25) is 0 Å². The maximum absolute atomic E-state index is 5.83. The summed E-state index contributed by atoms with van der Waals surface area (Å²) in [7, 11) is 0. The van der Waals surface area contributed by atoms with Crippen LogP contribution in [0.15, 0.2) is 0 Å². The molecule has 0 fully saturated rings. The second-order valence-electron chi connectivity index (χ2n) is 5.48. The molecule has 0 saturated heterocycles.